The molecule has 0 atom stereocenters. The molecule has 0 saturated carbocycles. The first kappa shape index (κ1) is 29.4. The summed E-state index contributed by atoms with van der Waals surface area (Å²) in [6.07, 6.45) is -2.22. The number of ether oxygens (including phenoxy) is 1. The molecular formula is C23H20Cl2F3N7O4. The third-order valence-electron chi connectivity index (χ3n) is 5.00. The number of carbonyl (C=O) groups excluding carboxylic acids is 1. The molecule has 206 valence electrons. The molecule has 0 aliphatic carbocycles. The van der Waals surface area contributed by atoms with E-state index in [1.54, 1.807) is 28.8 Å². The van der Waals surface area contributed by atoms with E-state index in [9.17, 15) is 18.0 Å². The summed E-state index contributed by atoms with van der Waals surface area (Å²) >= 11 is 12.4. The Bertz CT molecular complexity index is 1500. The topological polar surface area (TPSA) is 158 Å². The highest BCUT2D eigenvalue weighted by atomic mass is 35.5. The van der Waals surface area contributed by atoms with Gasteiger partial charge in [0.1, 0.15) is 17.7 Å². The molecule has 0 saturated heterocycles. The van der Waals surface area contributed by atoms with Crippen molar-refractivity contribution in [3.05, 3.63) is 64.0 Å². The van der Waals surface area contributed by atoms with Crippen LogP contribution in [0.2, 0.25) is 10.0 Å². The molecular weight excluding hydrogens is 566 g/mol. The maximum Gasteiger partial charge on any atom is 0.490 e. The van der Waals surface area contributed by atoms with Crippen LogP contribution in [0.3, 0.4) is 0 Å². The van der Waals surface area contributed by atoms with E-state index >= 15 is 0 Å². The number of hydrogen-bond acceptors (Lipinski definition) is 9. The minimum Gasteiger partial charge on any atom is -0.475 e. The molecule has 0 fully saturated rings. The number of carbonyl (C=O) groups is 2. The van der Waals surface area contributed by atoms with Crippen LogP contribution in [0.15, 0.2) is 42.7 Å². The van der Waals surface area contributed by atoms with Crippen LogP contribution in [0.5, 0.6) is 0 Å². The molecule has 0 amide bonds. The Kier molecular flexibility index (Phi) is 9.48. The van der Waals surface area contributed by atoms with Crippen LogP contribution in [0.4, 0.5) is 24.9 Å². The summed E-state index contributed by atoms with van der Waals surface area (Å²) in [5.41, 5.74) is 8.93. The van der Waals surface area contributed by atoms with Crippen LogP contribution in [0, 0.1) is 0 Å². The van der Waals surface area contributed by atoms with Crippen molar-refractivity contribution in [2.75, 3.05) is 24.7 Å². The van der Waals surface area contributed by atoms with Gasteiger partial charge in [-0.2, -0.15) is 22.8 Å². The highest BCUT2D eigenvalue weighted by Crippen LogP contribution is 2.30. The Hall–Kier alpha value is -4.17. The molecule has 0 radical (unpaired) electrons. The van der Waals surface area contributed by atoms with Crippen LogP contribution in [-0.2, 0) is 16.0 Å². The van der Waals surface area contributed by atoms with E-state index in [2.05, 4.69) is 30.1 Å². The van der Waals surface area contributed by atoms with Crippen LogP contribution in [0.25, 0.3) is 16.9 Å². The number of alkyl halides is 3. The van der Waals surface area contributed by atoms with Crippen molar-refractivity contribution >= 4 is 52.6 Å². The number of nitrogens with two attached hydrogens (primary N) is 1. The van der Waals surface area contributed by atoms with Gasteiger partial charge in [-0.15, -0.1) is 0 Å². The first-order valence-corrected chi connectivity index (χ1v) is 11.7. The number of anilines is 2. The van der Waals surface area contributed by atoms with Crippen molar-refractivity contribution < 1.29 is 32.6 Å². The predicted octanol–water partition coefficient (Wildman–Crippen LogP) is 4.54. The molecule has 3 aromatic heterocycles. The molecule has 39 heavy (non-hydrogen) atoms. The van der Waals surface area contributed by atoms with Gasteiger partial charge < -0.3 is 20.9 Å². The molecule has 4 N–H and O–H groups in total. The maximum atomic E-state index is 11.6. The number of methoxy groups -OCH3 is 1. The van der Waals surface area contributed by atoms with Gasteiger partial charge in [0.05, 0.1) is 17.8 Å². The largest absolute Gasteiger partial charge is 0.490 e. The summed E-state index contributed by atoms with van der Waals surface area (Å²) in [7, 11) is 1.30. The number of carboxylic acids is 1. The zero-order valence-electron chi connectivity index (χ0n) is 20.0. The summed E-state index contributed by atoms with van der Waals surface area (Å²) in [5, 5.41) is 15.7. The number of aliphatic carboxylic acids is 1. The van der Waals surface area contributed by atoms with Gasteiger partial charge in [0.25, 0.3) is 0 Å². The Labute approximate surface area is 228 Å². The number of nitrogens with zero attached hydrogens (tertiary/aromatic N) is 5. The number of nitrogen functional groups attached to an aromatic ring is 1. The Morgan fingerprint density at radius 3 is 2.49 bits per heavy atom. The van der Waals surface area contributed by atoms with Gasteiger partial charge in [0, 0.05) is 28.9 Å². The standard InChI is InChI=1S/C21H19Cl2N7O2.C2HF3O2/c1-32-20(31)15-7-5-13(28-19(15)24)3-2-8-25-21-29-17(10-18-26-11-27-30(18)21)14-6-4-12(22)9-16(14)23;3-2(4,5)1(6)7/h4-7,9-11H,2-3,8H2,1H3,(H2,24,28)(H,25,29);(H,6,7). The summed E-state index contributed by atoms with van der Waals surface area (Å²) in [4.78, 5) is 33.7. The second kappa shape index (κ2) is 12.6. The van der Waals surface area contributed by atoms with Gasteiger partial charge in [-0.05, 0) is 43.2 Å². The third-order valence-corrected chi connectivity index (χ3v) is 5.54. The third kappa shape index (κ3) is 7.67. The van der Waals surface area contributed by atoms with Gasteiger partial charge in [-0.1, -0.05) is 23.2 Å². The summed E-state index contributed by atoms with van der Waals surface area (Å²) in [5.74, 6) is -2.57. The fourth-order valence-corrected chi connectivity index (χ4v) is 3.69. The van der Waals surface area contributed by atoms with E-state index in [-0.39, 0.29) is 11.4 Å². The van der Waals surface area contributed by atoms with Crippen LogP contribution in [0.1, 0.15) is 22.5 Å². The van der Waals surface area contributed by atoms with Crippen molar-refractivity contribution in [3.63, 3.8) is 0 Å². The van der Waals surface area contributed by atoms with Gasteiger partial charge >= 0.3 is 18.1 Å². The Morgan fingerprint density at radius 2 is 1.87 bits per heavy atom. The maximum absolute atomic E-state index is 11.6. The normalized spacial score (nSPS) is 11.0. The first-order valence-electron chi connectivity index (χ1n) is 10.9. The van der Waals surface area contributed by atoms with Crippen LogP contribution in [-0.4, -0.2) is 61.4 Å². The zero-order valence-corrected chi connectivity index (χ0v) is 21.5. The molecule has 0 unspecified atom stereocenters. The molecule has 11 nitrogen and oxygen atoms in total. The lowest BCUT2D eigenvalue weighted by atomic mass is 10.1. The number of nitrogens with one attached hydrogen (secondary N) is 1. The number of pyridine rings is 1. The molecule has 0 spiro atoms. The molecule has 0 bridgehead atoms. The number of benzene rings is 1. The van der Waals surface area contributed by atoms with Crippen molar-refractivity contribution in [1.29, 1.82) is 0 Å². The number of fused-ring (bicyclic) bond motifs is 1. The van der Waals surface area contributed by atoms with E-state index in [1.165, 1.54) is 13.4 Å². The highest BCUT2D eigenvalue weighted by Gasteiger charge is 2.38. The lowest BCUT2D eigenvalue weighted by Gasteiger charge is -2.11. The number of halogens is 5. The molecule has 1 aromatic carbocycles. The Balaban J connectivity index is 0.000000532. The average molecular weight is 586 g/mol. The Morgan fingerprint density at radius 1 is 1.15 bits per heavy atom. The van der Waals surface area contributed by atoms with E-state index in [0.29, 0.717) is 40.3 Å². The summed E-state index contributed by atoms with van der Waals surface area (Å²) in [6.45, 7) is 0.597. The van der Waals surface area contributed by atoms with Gasteiger partial charge in [-0.25, -0.2) is 24.5 Å². The number of esters is 1. The minimum absolute atomic E-state index is 0.154. The quantitative estimate of drug-likeness (QED) is 0.207. The van der Waals surface area contributed by atoms with Gasteiger partial charge in [0.15, 0.2) is 5.65 Å². The van der Waals surface area contributed by atoms with Crippen LogP contribution < -0.4 is 11.1 Å². The monoisotopic (exact) mass is 585 g/mol. The fourth-order valence-electron chi connectivity index (χ4n) is 3.19. The molecule has 3 heterocycles. The summed E-state index contributed by atoms with van der Waals surface area (Å²) in [6, 6.07) is 10.4. The first-order chi connectivity index (χ1) is 18.4. The predicted molar refractivity (Wildman–Crippen MR) is 137 cm³/mol. The molecule has 0 aliphatic heterocycles. The van der Waals surface area contributed by atoms with E-state index < -0.39 is 18.1 Å². The van der Waals surface area contributed by atoms with Crippen LogP contribution >= 0.6 is 23.2 Å². The molecule has 16 heteroatoms. The van der Waals surface area contributed by atoms with Crippen molar-refractivity contribution in [2.45, 2.75) is 19.0 Å². The molecule has 4 aromatic rings. The second-order valence-corrected chi connectivity index (χ2v) is 8.52. The fraction of sp³-hybridized carbons (Fsp3) is 0.217. The van der Waals surface area contributed by atoms with Gasteiger partial charge in [0.2, 0.25) is 5.95 Å². The number of aromatic nitrogens is 5. The van der Waals surface area contributed by atoms with Gasteiger partial charge in [-0.3, -0.25) is 0 Å². The van der Waals surface area contributed by atoms with E-state index in [4.69, 9.17) is 38.8 Å². The lowest BCUT2D eigenvalue weighted by Crippen LogP contribution is -2.21. The van der Waals surface area contributed by atoms with Crippen molar-refractivity contribution in [3.8, 4) is 11.3 Å². The summed E-state index contributed by atoms with van der Waals surface area (Å²) < 4.78 is 38.0. The van der Waals surface area contributed by atoms with Crippen molar-refractivity contribution in [2.24, 2.45) is 0 Å². The van der Waals surface area contributed by atoms with Crippen molar-refractivity contribution in [1.82, 2.24) is 24.6 Å². The van der Waals surface area contributed by atoms with E-state index in [0.717, 1.165) is 17.7 Å². The number of aryl methyl sites for hydroxylation is 1. The molecule has 4 rings (SSSR count). The molecule has 0 aliphatic rings. The lowest BCUT2D eigenvalue weighted by molar-refractivity contribution is -0.192. The average Bonchev–Trinajstić information content (AvgIpc) is 3.35. The highest BCUT2D eigenvalue weighted by molar-refractivity contribution is 6.36. The smallest absolute Gasteiger partial charge is 0.475 e. The minimum atomic E-state index is -5.08. The number of hydrogen-bond donors (Lipinski definition) is 3. The van der Waals surface area contributed by atoms with E-state index in [1.807, 2.05) is 12.1 Å². The number of rotatable bonds is 7. The second-order valence-electron chi connectivity index (χ2n) is 7.68. The zero-order chi connectivity index (χ0) is 28.7. The number of carboxylic acid groups (broad SMARTS) is 1. The SMILES string of the molecule is COC(=O)c1ccc(CCCNc2nc(-c3ccc(Cl)cc3Cl)cc3ncnn23)nc1N.O=C(O)C(F)(F)F.